The van der Waals surface area contributed by atoms with E-state index < -0.39 is 0 Å². The first-order valence-corrected chi connectivity index (χ1v) is 6.48. The van der Waals surface area contributed by atoms with Gasteiger partial charge in [0.25, 0.3) is 5.91 Å². The van der Waals surface area contributed by atoms with Gasteiger partial charge in [-0.3, -0.25) is 4.79 Å². The van der Waals surface area contributed by atoms with Crippen LogP contribution in [0.5, 0.6) is 0 Å². The van der Waals surface area contributed by atoms with Crippen molar-refractivity contribution in [3.63, 3.8) is 0 Å². The number of aryl methyl sites for hydroxylation is 2. The molecule has 0 saturated heterocycles. The molecule has 5 nitrogen and oxygen atoms in total. The summed E-state index contributed by atoms with van der Waals surface area (Å²) in [5.41, 5.74) is 9.24. The third-order valence-electron chi connectivity index (χ3n) is 3.17. The zero-order chi connectivity index (χ0) is 15.4. The van der Waals surface area contributed by atoms with E-state index in [2.05, 4.69) is 10.5 Å². The molecule has 0 unspecified atom stereocenters. The molecule has 0 atom stereocenters. The maximum Gasteiger partial charge on any atom is 0.255 e. The highest BCUT2D eigenvalue weighted by Gasteiger charge is 2.09. The molecule has 21 heavy (non-hydrogen) atoms. The van der Waals surface area contributed by atoms with Gasteiger partial charge in [-0.15, -0.1) is 0 Å². The highest BCUT2D eigenvalue weighted by Crippen LogP contribution is 2.18. The van der Waals surface area contributed by atoms with Crippen LogP contribution in [0.2, 0.25) is 0 Å². The van der Waals surface area contributed by atoms with E-state index in [1.165, 1.54) is 0 Å². The van der Waals surface area contributed by atoms with Crippen molar-refractivity contribution in [3.8, 4) is 0 Å². The maximum absolute atomic E-state index is 12.2. The van der Waals surface area contributed by atoms with E-state index in [1.807, 2.05) is 32.0 Å². The summed E-state index contributed by atoms with van der Waals surface area (Å²) in [7, 11) is 0. The van der Waals surface area contributed by atoms with Gasteiger partial charge in [0.05, 0.1) is 0 Å². The molecule has 108 valence electrons. The Morgan fingerprint density at radius 1 is 1.14 bits per heavy atom. The molecule has 0 saturated carbocycles. The van der Waals surface area contributed by atoms with Gasteiger partial charge in [0.1, 0.15) is 0 Å². The number of benzene rings is 2. The number of nitrogens with zero attached hydrogens (tertiary/aromatic N) is 1. The molecular weight excluding hydrogens is 266 g/mol. The quantitative estimate of drug-likeness (QED) is 0.350. The molecule has 0 aliphatic rings. The zero-order valence-electron chi connectivity index (χ0n) is 11.9. The summed E-state index contributed by atoms with van der Waals surface area (Å²) in [6.07, 6.45) is 0. The van der Waals surface area contributed by atoms with Crippen LogP contribution in [-0.4, -0.2) is 17.0 Å². The number of rotatable bonds is 3. The molecule has 0 spiro atoms. The van der Waals surface area contributed by atoms with Crippen molar-refractivity contribution in [1.82, 2.24) is 0 Å². The van der Waals surface area contributed by atoms with Gasteiger partial charge in [-0.1, -0.05) is 35.0 Å². The van der Waals surface area contributed by atoms with Crippen LogP contribution in [0.15, 0.2) is 47.6 Å². The first-order valence-electron chi connectivity index (χ1n) is 6.48. The lowest BCUT2D eigenvalue weighted by molar-refractivity contribution is 0.102. The van der Waals surface area contributed by atoms with E-state index in [-0.39, 0.29) is 11.7 Å². The lowest BCUT2D eigenvalue weighted by Gasteiger charge is -2.10. The second kappa shape index (κ2) is 6.09. The van der Waals surface area contributed by atoms with Crippen molar-refractivity contribution in [2.45, 2.75) is 13.8 Å². The summed E-state index contributed by atoms with van der Waals surface area (Å²) in [6, 6.07) is 12.6. The average Bonchev–Trinajstić information content (AvgIpc) is 2.48. The Balaban J connectivity index is 2.29. The summed E-state index contributed by atoms with van der Waals surface area (Å²) in [6.45, 7) is 3.81. The van der Waals surface area contributed by atoms with E-state index in [9.17, 15) is 4.79 Å². The van der Waals surface area contributed by atoms with E-state index in [4.69, 9.17) is 10.9 Å². The maximum atomic E-state index is 12.2. The van der Waals surface area contributed by atoms with Crippen molar-refractivity contribution in [1.29, 1.82) is 0 Å². The molecular formula is C16H17N3O2. The van der Waals surface area contributed by atoms with Gasteiger partial charge >= 0.3 is 0 Å². The average molecular weight is 283 g/mol. The molecule has 5 heteroatoms. The van der Waals surface area contributed by atoms with Gasteiger partial charge in [0.15, 0.2) is 5.84 Å². The highest BCUT2D eigenvalue weighted by atomic mass is 16.4. The van der Waals surface area contributed by atoms with E-state index in [0.29, 0.717) is 16.8 Å². The second-order valence-electron chi connectivity index (χ2n) is 4.84. The van der Waals surface area contributed by atoms with Crippen LogP contribution in [-0.2, 0) is 0 Å². The SMILES string of the molecule is Cc1cccc(C(=O)Nc2cc(C(N)=NO)ccc2C)c1. The van der Waals surface area contributed by atoms with Crippen LogP contribution >= 0.6 is 0 Å². The first-order chi connectivity index (χ1) is 10.0. The molecule has 0 fully saturated rings. The predicted octanol–water partition coefficient (Wildman–Crippen LogP) is 2.65. The Morgan fingerprint density at radius 2 is 1.90 bits per heavy atom. The molecule has 2 aromatic rings. The number of hydrogen-bond donors (Lipinski definition) is 3. The summed E-state index contributed by atoms with van der Waals surface area (Å²) in [4.78, 5) is 12.2. The summed E-state index contributed by atoms with van der Waals surface area (Å²) < 4.78 is 0. The Kier molecular flexibility index (Phi) is 4.23. The molecule has 4 N–H and O–H groups in total. The smallest absolute Gasteiger partial charge is 0.255 e. The summed E-state index contributed by atoms with van der Waals surface area (Å²) >= 11 is 0. The largest absolute Gasteiger partial charge is 0.409 e. The summed E-state index contributed by atoms with van der Waals surface area (Å²) in [5.74, 6) is -0.195. The van der Waals surface area contributed by atoms with Crippen LogP contribution in [0.3, 0.4) is 0 Å². The Labute approximate surface area is 123 Å². The first kappa shape index (κ1) is 14.6. The number of anilines is 1. The Bertz CT molecular complexity index is 708. The molecule has 0 aliphatic heterocycles. The van der Waals surface area contributed by atoms with Crippen LogP contribution in [0, 0.1) is 13.8 Å². The molecule has 2 rings (SSSR count). The van der Waals surface area contributed by atoms with Gasteiger partial charge < -0.3 is 16.3 Å². The monoisotopic (exact) mass is 283 g/mol. The molecule has 1 amide bonds. The standard InChI is InChI=1S/C16H17N3O2/c1-10-4-3-5-13(8-10)16(20)18-14-9-12(15(17)19-21)7-6-11(14)2/h3-9,21H,1-2H3,(H2,17,19)(H,18,20). The molecule has 0 radical (unpaired) electrons. The highest BCUT2D eigenvalue weighted by molar-refractivity contribution is 6.06. The normalized spacial score (nSPS) is 11.2. The number of carbonyl (C=O) groups excluding carboxylic acids is 1. The van der Waals surface area contributed by atoms with Crippen molar-refractivity contribution in [2.24, 2.45) is 10.9 Å². The van der Waals surface area contributed by atoms with E-state index in [0.717, 1.165) is 11.1 Å². The fraction of sp³-hybridized carbons (Fsp3) is 0.125. The van der Waals surface area contributed by atoms with Crippen molar-refractivity contribution in [3.05, 3.63) is 64.7 Å². The number of nitrogens with two attached hydrogens (primary N) is 1. The molecule has 0 aromatic heterocycles. The van der Waals surface area contributed by atoms with Gasteiger partial charge in [-0.2, -0.15) is 0 Å². The third kappa shape index (κ3) is 3.39. The van der Waals surface area contributed by atoms with E-state index >= 15 is 0 Å². The van der Waals surface area contributed by atoms with E-state index in [1.54, 1.807) is 24.3 Å². The van der Waals surface area contributed by atoms with Crippen LogP contribution < -0.4 is 11.1 Å². The van der Waals surface area contributed by atoms with Crippen molar-refractivity contribution >= 4 is 17.4 Å². The molecule has 0 bridgehead atoms. The molecule has 0 aliphatic carbocycles. The number of hydrogen-bond acceptors (Lipinski definition) is 3. The third-order valence-corrected chi connectivity index (χ3v) is 3.17. The minimum absolute atomic E-state index is 0.000976. The number of carbonyl (C=O) groups is 1. The minimum Gasteiger partial charge on any atom is -0.409 e. The number of amidine groups is 1. The fourth-order valence-electron chi connectivity index (χ4n) is 1.95. The Morgan fingerprint density at radius 3 is 2.57 bits per heavy atom. The molecule has 2 aromatic carbocycles. The van der Waals surface area contributed by atoms with Gasteiger partial charge in [-0.05, 0) is 37.6 Å². The summed E-state index contributed by atoms with van der Waals surface area (Å²) in [5, 5.41) is 14.5. The van der Waals surface area contributed by atoms with Gasteiger partial charge in [-0.25, -0.2) is 0 Å². The van der Waals surface area contributed by atoms with Crippen LogP contribution in [0.25, 0.3) is 0 Å². The van der Waals surface area contributed by atoms with Crippen LogP contribution in [0.4, 0.5) is 5.69 Å². The predicted molar refractivity (Wildman–Crippen MR) is 82.8 cm³/mol. The number of oxime groups is 1. The minimum atomic E-state index is -0.196. The molecule has 0 heterocycles. The Hall–Kier alpha value is -2.82. The lowest BCUT2D eigenvalue weighted by atomic mass is 10.1. The fourth-order valence-corrected chi connectivity index (χ4v) is 1.95. The van der Waals surface area contributed by atoms with Crippen molar-refractivity contribution in [2.75, 3.05) is 5.32 Å². The number of nitrogens with one attached hydrogen (secondary N) is 1. The topological polar surface area (TPSA) is 87.7 Å². The zero-order valence-corrected chi connectivity index (χ0v) is 11.9. The van der Waals surface area contributed by atoms with Gasteiger partial charge in [0, 0.05) is 16.8 Å². The van der Waals surface area contributed by atoms with Crippen LogP contribution in [0.1, 0.15) is 27.0 Å². The van der Waals surface area contributed by atoms with Gasteiger partial charge in [0.2, 0.25) is 0 Å². The number of amides is 1. The second-order valence-corrected chi connectivity index (χ2v) is 4.84. The van der Waals surface area contributed by atoms with Crippen molar-refractivity contribution < 1.29 is 10.0 Å². The lowest BCUT2D eigenvalue weighted by Crippen LogP contribution is -2.16.